The first kappa shape index (κ1) is 21.8. The highest BCUT2D eigenvalue weighted by Gasteiger charge is 2.28. The molecule has 7 nitrogen and oxygen atoms in total. The summed E-state index contributed by atoms with van der Waals surface area (Å²) in [5.74, 6) is 0.365. The molecule has 0 spiro atoms. The standard InChI is InChI=1S/C27H26N4O3/c1-34-22-12-10-21(11-13-22)30-14-16-31(17-15-30)25(32)18-19-6-8-20(9-7-19)26-23-4-2-3-5-24(23)27(33)29-28-26/h2-13,24H,14-18H2,1H3. The maximum Gasteiger partial charge on any atom is 0.276 e. The molecule has 5 rings (SSSR count). The molecule has 2 aliphatic heterocycles. The molecule has 2 aromatic rings. The number of hydrogen-bond donors (Lipinski definition) is 0. The van der Waals surface area contributed by atoms with Gasteiger partial charge in [-0.25, -0.2) is 0 Å². The SMILES string of the molecule is COc1ccc(N2CCN(C(=O)Cc3ccc(C4=C5C=CC=CC5C(=O)N=N4)cc3)CC2)cc1. The number of allylic oxidation sites excluding steroid dienone is 3. The molecule has 0 aromatic heterocycles. The average Bonchev–Trinajstić information content (AvgIpc) is 2.90. The van der Waals surface area contributed by atoms with E-state index in [0.717, 1.165) is 41.2 Å². The predicted molar refractivity (Wildman–Crippen MR) is 130 cm³/mol. The number of carbonyl (C=O) groups is 2. The molecule has 3 aliphatic rings. The van der Waals surface area contributed by atoms with Crippen LogP contribution < -0.4 is 9.64 Å². The first-order valence-corrected chi connectivity index (χ1v) is 11.4. The lowest BCUT2D eigenvalue weighted by Gasteiger charge is -2.36. The minimum Gasteiger partial charge on any atom is -0.497 e. The lowest BCUT2D eigenvalue weighted by Crippen LogP contribution is -2.49. The van der Waals surface area contributed by atoms with Crippen LogP contribution in [0.15, 0.2) is 88.6 Å². The molecule has 0 bridgehead atoms. The van der Waals surface area contributed by atoms with Crippen molar-refractivity contribution in [2.75, 3.05) is 38.2 Å². The van der Waals surface area contributed by atoms with E-state index >= 15 is 0 Å². The number of azo groups is 1. The molecule has 0 saturated carbocycles. The van der Waals surface area contributed by atoms with Crippen LogP contribution in [0.25, 0.3) is 5.70 Å². The monoisotopic (exact) mass is 454 g/mol. The van der Waals surface area contributed by atoms with Crippen LogP contribution in [0.5, 0.6) is 5.75 Å². The molecule has 1 fully saturated rings. The summed E-state index contributed by atoms with van der Waals surface area (Å²) in [6.07, 6.45) is 7.88. The summed E-state index contributed by atoms with van der Waals surface area (Å²) in [7, 11) is 1.66. The minimum atomic E-state index is -0.365. The Kier molecular flexibility index (Phi) is 6.08. The normalized spacial score (nSPS) is 19.4. The summed E-state index contributed by atoms with van der Waals surface area (Å²) >= 11 is 0. The first-order chi connectivity index (χ1) is 16.6. The Morgan fingerprint density at radius 1 is 0.971 bits per heavy atom. The Balaban J connectivity index is 1.20. The number of hydrogen-bond acceptors (Lipinski definition) is 5. The Bertz CT molecular complexity index is 1200. The van der Waals surface area contributed by atoms with Crippen LogP contribution >= 0.6 is 0 Å². The number of fused-ring (bicyclic) bond motifs is 1. The fourth-order valence-corrected chi connectivity index (χ4v) is 4.50. The number of anilines is 1. The fourth-order valence-electron chi connectivity index (χ4n) is 4.50. The molecular weight excluding hydrogens is 428 g/mol. The summed E-state index contributed by atoms with van der Waals surface area (Å²) in [4.78, 5) is 29.2. The van der Waals surface area contributed by atoms with E-state index in [0.29, 0.717) is 25.2 Å². The minimum absolute atomic E-state index is 0.132. The molecule has 1 atom stereocenters. The first-order valence-electron chi connectivity index (χ1n) is 11.4. The molecule has 1 aliphatic carbocycles. The van der Waals surface area contributed by atoms with Gasteiger partial charge < -0.3 is 14.5 Å². The maximum atomic E-state index is 12.9. The van der Waals surface area contributed by atoms with Gasteiger partial charge in [0.05, 0.1) is 25.1 Å². The highest BCUT2D eigenvalue weighted by molar-refractivity contribution is 5.91. The highest BCUT2D eigenvalue weighted by atomic mass is 16.5. The molecular formula is C27H26N4O3. The molecule has 7 heteroatoms. The van der Waals surface area contributed by atoms with Crippen molar-refractivity contribution in [3.05, 3.63) is 89.5 Å². The van der Waals surface area contributed by atoms with Gasteiger partial charge in [-0.05, 0) is 35.4 Å². The maximum absolute atomic E-state index is 12.9. The third kappa shape index (κ3) is 4.41. The number of benzene rings is 2. The Morgan fingerprint density at radius 3 is 2.41 bits per heavy atom. The number of amides is 2. The van der Waals surface area contributed by atoms with Gasteiger partial charge in [-0.15, -0.1) is 10.2 Å². The van der Waals surface area contributed by atoms with Crippen molar-refractivity contribution < 1.29 is 14.3 Å². The predicted octanol–water partition coefficient (Wildman–Crippen LogP) is 4.03. The van der Waals surface area contributed by atoms with Gasteiger partial charge in [0.1, 0.15) is 5.75 Å². The van der Waals surface area contributed by atoms with Crippen molar-refractivity contribution in [1.82, 2.24) is 4.90 Å². The van der Waals surface area contributed by atoms with E-state index in [9.17, 15) is 9.59 Å². The average molecular weight is 455 g/mol. The van der Waals surface area contributed by atoms with Crippen LogP contribution in [0.1, 0.15) is 11.1 Å². The van der Waals surface area contributed by atoms with Gasteiger partial charge in [-0.3, -0.25) is 9.59 Å². The van der Waals surface area contributed by atoms with Crippen LogP contribution in [-0.4, -0.2) is 50.0 Å². The number of ether oxygens (including phenoxy) is 1. The third-order valence-electron chi connectivity index (χ3n) is 6.47. The summed E-state index contributed by atoms with van der Waals surface area (Å²) < 4.78 is 5.23. The van der Waals surface area contributed by atoms with Crippen LogP contribution in [0, 0.1) is 5.92 Å². The summed E-state index contributed by atoms with van der Waals surface area (Å²) in [6, 6.07) is 15.8. The van der Waals surface area contributed by atoms with Crippen molar-refractivity contribution in [1.29, 1.82) is 0 Å². The van der Waals surface area contributed by atoms with E-state index in [1.54, 1.807) is 7.11 Å². The Labute approximate surface area is 198 Å². The summed E-state index contributed by atoms with van der Waals surface area (Å²) in [5, 5.41) is 7.97. The van der Waals surface area contributed by atoms with Gasteiger partial charge in [0, 0.05) is 37.4 Å². The second-order valence-electron chi connectivity index (χ2n) is 8.50. The second kappa shape index (κ2) is 9.47. The van der Waals surface area contributed by atoms with Gasteiger partial charge in [-0.1, -0.05) is 48.6 Å². The van der Waals surface area contributed by atoms with E-state index in [2.05, 4.69) is 27.3 Å². The lowest BCUT2D eigenvalue weighted by atomic mass is 9.89. The van der Waals surface area contributed by atoms with E-state index < -0.39 is 0 Å². The molecule has 34 heavy (non-hydrogen) atoms. The van der Waals surface area contributed by atoms with Crippen LogP contribution in [0.3, 0.4) is 0 Å². The molecule has 2 aromatic carbocycles. The highest BCUT2D eigenvalue weighted by Crippen LogP contribution is 2.34. The van der Waals surface area contributed by atoms with Gasteiger partial charge >= 0.3 is 0 Å². The third-order valence-corrected chi connectivity index (χ3v) is 6.47. The van der Waals surface area contributed by atoms with Crippen LogP contribution in [0.4, 0.5) is 5.69 Å². The molecule has 0 radical (unpaired) electrons. The molecule has 172 valence electrons. The van der Waals surface area contributed by atoms with Crippen LogP contribution in [-0.2, 0) is 16.0 Å². The largest absolute Gasteiger partial charge is 0.497 e. The topological polar surface area (TPSA) is 74.6 Å². The van der Waals surface area contributed by atoms with Crippen LogP contribution in [0.2, 0.25) is 0 Å². The summed E-state index contributed by atoms with van der Waals surface area (Å²) in [6.45, 7) is 3.02. The molecule has 1 unspecified atom stereocenters. The van der Waals surface area contributed by atoms with E-state index in [1.807, 2.05) is 65.6 Å². The van der Waals surface area contributed by atoms with Crippen molar-refractivity contribution in [3.63, 3.8) is 0 Å². The van der Waals surface area contributed by atoms with Gasteiger partial charge in [0.15, 0.2) is 0 Å². The molecule has 0 N–H and O–H groups in total. The zero-order valence-corrected chi connectivity index (χ0v) is 19.1. The van der Waals surface area contributed by atoms with E-state index in [-0.39, 0.29) is 17.7 Å². The van der Waals surface area contributed by atoms with Gasteiger partial charge in [0.2, 0.25) is 5.91 Å². The molecule has 2 amide bonds. The number of piperazine rings is 1. The van der Waals surface area contributed by atoms with Crippen molar-refractivity contribution in [3.8, 4) is 5.75 Å². The van der Waals surface area contributed by atoms with E-state index in [4.69, 9.17) is 4.74 Å². The van der Waals surface area contributed by atoms with Crippen molar-refractivity contribution in [2.45, 2.75) is 6.42 Å². The number of rotatable bonds is 5. The molecule has 2 heterocycles. The van der Waals surface area contributed by atoms with E-state index in [1.165, 1.54) is 0 Å². The summed E-state index contributed by atoms with van der Waals surface area (Å²) in [5.41, 5.74) is 4.56. The van der Waals surface area contributed by atoms with Crippen molar-refractivity contribution >= 4 is 23.2 Å². The smallest absolute Gasteiger partial charge is 0.276 e. The van der Waals surface area contributed by atoms with Gasteiger partial charge in [0.25, 0.3) is 5.91 Å². The Hall–Kier alpha value is -4.00. The zero-order valence-electron chi connectivity index (χ0n) is 19.1. The quantitative estimate of drug-likeness (QED) is 0.684. The molecule has 1 saturated heterocycles. The number of carbonyl (C=O) groups excluding carboxylic acids is 2. The zero-order chi connectivity index (χ0) is 23.5. The van der Waals surface area contributed by atoms with Crippen molar-refractivity contribution in [2.24, 2.45) is 16.1 Å². The fraction of sp³-hybridized carbons (Fsp3) is 0.259. The number of methoxy groups -OCH3 is 1. The Morgan fingerprint density at radius 2 is 1.71 bits per heavy atom. The van der Waals surface area contributed by atoms with Gasteiger partial charge in [-0.2, -0.15) is 0 Å². The second-order valence-corrected chi connectivity index (χ2v) is 8.50. The number of nitrogens with zero attached hydrogens (tertiary/aromatic N) is 4. The lowest BCUT2D eigenvalue weighted by molar-refractivity contribution is -0.130.